The van der Waals surface area contributed by atoms with Crippen LogP contribution < -0.4 is 5.32 Å². The minimum atomic E-state index is 0.346. The number of hydrogen-bond donors (Lipinski definition) is 1. The van der Waals surface area contributed by atoms with Crippen LogP contribution in [0.3, 0.4) is 0 Å². The number of aromatic nitrogens is 2. The van der Waals surface area contributed by atoms with Crippen LogP contribution in [0.5, 0.6) is 0 Å². The van der Waals surface area contributed by atoms with Crippen LogP contribution in [0.1, 0.15) is 57.6 Å². The molecule has 1 N–H and O–H groups in total. The molecule has 17 heavy (non-hydrogen) atoms. The molecule has 0 aliphatic rings. The molecule has 1 atom stereocenters. The molecule has 3 nitrogen and oxygen atoms in total. The number of nitrogens with one attached hydrogen (secondary N) is 1. The topological polar surface area (TPSA) is 37.8 Å². The van der Waals surface area contributed by atoms with Crippen LogP contribution >= 0.6 is 0 Å². The fraction of sp³-hybridized carbons (Fsp3) is 0.714. The maximum absolute atomic E-state index is 4.49. The Labute approximate surface area is 105 Å². The summed E-state index contributed by atoms with van der Waals surface area (Å²) < 4.78 is 0. The Morgan fingerprint density at radius 1 is 1.35 bits per heavy atom. The zero-order chi connectivity index (χ0) is 12.9. The lowest BCUT2D eigenvalue weighted by Gasteiger charge is -2.21. The highest BCUT2D eigenvalue weighted by Crippen LogP contribution is 2.25. The molecule has 0 amide bonds. The van der Waals surface area contributed by atoms with Crippen LogP contribution in [-0.2, 0) is 0 Å². The second kappa shape index (κ2) is 6.10. The first kappa shape index (κ1) is 14.1. The largest absolute Gasteiger partial charge is 0.312 e. The van der Waals surface area contributed by atoms with Gasteiger partial charge in [0.15, 0.2) is 0 Å². The molecule has 1 aromatic rings. The van der Waals surface area contributed by atoms with E-state index in [1.165, 1.54) is 12.8 Å². The molecule has 0 saturated carbocycles. The van der Waals surface area contributed by atoms with Crippen molar-refractivity contribution >= 4 is 0 Å². The van der Waals surface area contributed by atoms with Crippen molar-refractivity contribution in [1.82, 2.24) is 15.3 Å². The standard InChI is InChI=1S/C14H25N3/c1-11-16-10-8-13(17-11)12(15-5)7-6-9-14(2,3)4/h8,10,12,15H,6-7,9H2,1-5H3. The van der Waals surface area contributed by atoms with Crippen molar-refractivity contribution in [3.63, 3.8) is 0 Å². The van der Waals surface area contributed by atoms with Gasteiger partial charge >= 0.3 is 0 Å². The molecule has 96 valence electrons. The third kappa shape index (κ3) is 5.26. The van der Waals surface area contributed by atoms with Gasteiger partial charge in [0.1, 0.15) is 5.82 Å². The predicted molar refractivity (Wildman–Crippen MR) is 71.9 cm³/mol. The van der Waals surface area contributed by atoms with Crippen molar-refractivity contribution in [1.29, 1.82) is 0 Å². The van der Waals surface area contributed by atoms with Gasteiger partial charge in [0, 0.05) is 12.2 Å². The summed E-state index contributed by atoms with van der Waals surface area (Å²) in [5, 5.41) is 3.34. The Morgan fingerprint density at radius 2 is 2.06 bits per heavy atom. The highest BCUT2D eigenvalue weighted by atomic mass is 14.9. The maximum Gasteiger partial charge on any atom is 0.125 e. The smallest absolute Gasteiger partial charge is 0.125 e. The normalized spacial score (nSPS) is 13.7. The Kier molecular flexibility index (Phi) is 5.06. The molecule has 0 aromatic carbocycles. The van der Waals surface area contributed by atoms with E-state index in [-0.39, 0.29) is 0 Å². The molecule has 1 aromatic heterocycles. The summed E-state index contributed by atoms with van der Waals surface area (Å²) >= 11 is 0. The van der Waals surface area contributed by atoms with Gasteiger partial charge in [-0.3, -0.25) is 0 Å². The SMILES string of the molecule is CNC(CCCC(C)(C)C)c1ccnc(C)n1. The quantitative estimate of drug-likeness (QED) is 0.851. The third-order valence-corrected chi connectivity index (χ3v) is 2.92. The van der Waals surface area contributed by atoms with E-state index in [2.05, 4.69) is 36.1 Å². The first-order valence-electron chi connectivity index (χ1n) is 6.39. The van der Waals surface area contributed by atoms with Crippen molar-refractivity contribution in [2.24, 2.45) is 5.41 Å². The Hall–Kier alpha value is -0.960. The molecule has 0 aliphatic carbocycles. The maximum atomic E-state index is 4.49. The van der Waals surface area contributed by atoms with Gasteiger partial charge in [-0.15, -0.1) is 0 Å². The molecule has 0 bridgehead atoms. The number of rotatable bonds is 5. The Bertz CT molecular complexity index is 342. The van der Waals surface area contributed by atoms with Crippen LogP contribution in [0.25, 0.3) is 0 Å². The van der Waals surface area contributed by atoms with E-state index in [1.54, 1.807) is 0 Å². The van der Waals surface area contributed by atoms with Crippen molar-refractivity contribution < 1.29 is 0 Å². The van der Waals surface area contributed by atoms with Crippen molar-refractivity contribution in [3.8, 4) is 0 Å². The highest BCUT2D eigenvalue weighted by molar-refractivity contribution is 5.07. The van der Waals surface area contributed by atoms with Gasteiger partial charge in [-0.05, 0) is 38.3 Å². The summed E-state index contributed by atoms with van der Waals surface area (Å²) in [4.78, 5) is 8.62. The van der Waals surface area contributed by atoms with E-state index < -0.39 is 0 Å². The predicted octanol–water partition coefficient (Wildman–Crippen LogP) is 3.26. The van der Waals surface area contributed by atoms with Crippen LogP contribution in [-0.4, -0.2) is 17.0 Å². The van der Waals surface area contributed by atoms with E-state index in [4.69, 9.17) is 0 Å². The molecule has 3 heteroatoms. The summed E-state index contributed by atoms with van der Waals surface area (Å²) in [6.07, 6.45) is 5.43. The van der Waals surface area contributed by atoms with E-state index in [0.717, 1.165) is 17.9 Å². The monoisotopic (exact) mass is 235 g/mol. The minimum Gasteiger partial charge on any atom is -0.312 e. The number of hydrogen-bond acceptors (Lipinski definition) is 3. The summed E-state index contributed by atoms with van der Waals surface area (Å²) in [6.45, 7) is 8.80. The lowest BCUT2D eigenvalue weighted by Crippen LogP contribution is -2.19. The average molecular weight is 235 g/mol. The van der Waals surface area contributed by atoms with Crippen LogP contribution in [0.2, 0.25) is 0 Å². The highest BCUT2D eigenvalue weighted by Gasteiger charge is 2.14. The van der Waals surface area contributed by atoms with E-state index in [1.807, 2.05) is 26.2 Å². The zero-order valence-electron chi connectivity index (χ0n) is 11.7. The molecular formula is C14H25N3. The second-order valence-corrected chi connectivity index (χ2v) is 5.82. The first-order chi connectivity index (χ1) is 7.92. The summed E-state index contributed by atoms with van der Waals surface area (Å²) in [5.74, 6) is 0.846. The Balaban J connectivity index is 2.54. The van der Waals surface area contributed by atoms with Gasteiger partial charge in [-0.1, -0.05) is 27.2 Å². The van der Waals surface area contributed by atoms with Gasteiger partial charge in [0.2, 0.25) is 0 Å². The van der Waals surface area contributed by atoms with Crippen molar-refractivity contribution in [2.75, 3.05) is 7.05 Å². The zero-order valence-corrected chi connectivity index (χ0v) is 11.7. The van der Waals surface area contributed by atoms with Crippen molar-refractivity contribution in [2.45, 2.75) is 53.0 Å². The van der Waals surface area contributed by atoms with Gasteiger partial charge in [-0.2, -0.15) is 0 Å². The molecule has 0 radical (unpaired) electrons. The van der Waals surface area contributed by atoms with Crippen LogP contribution in [0, 0.1) is 12.3 Å². The van der Waals surface area contributed by atoms with Crippen molar-refractivity contribution in [3.05, 3.63) is 23.8 Å². The fourth-order valence-electron chi connectivity index (χ4n) is 1.95. The molecule has 0 saturated heterocycles. The average Bonchev–Trinajstić information content (AvgIpc) is 2.23. The van der Waals surface area contributed by atoms with Gasteiger partial charge in [0.05, 0.1) is 5.69 Å². The number of nitrogens with zero attached hydrogens (tertiary/aromatic N) is 2. The molecular weight excluding hydrogens is 210 g/mol. The van der Waals surface area contributed by atoms with Crippen LogP contribution in [0.4, 0.5) is 0 Å². The van der Waals surface area contributed by atoms with E-state index in [9.17, 15) is 0 Å². The molecule has 1 rings (SSSR count). The van der Waals surface area contributed by atoms with E-state index >= 15 is 0 Å². The molecule has 0 aliphatic heterocycles. The van der Waals surface area contributed by atoms with Gasteiger partial charge in [-0.25, -0.2) is 9.97 Å². The molecule has 1 heterocycles. The molecule has 0 fully saturated rings. The second-order valence-electron chi connectivity index (χ2n) is 5.82. The lowest BCUT2D eigenvalue weighted by molar-refractivity contribution is 0.346. The van der Waals surface area contributed by atoms with Gasteiger partial charge in [0.25, 0.3) is 0 Å². The van der Waals surface area contributed by atoms with E-state index in [0.29, 0.717) is 11.5 Å². The summed E-state index contributed by atoms with van der Waals surface area (Å²) in [7, 11) is 2.00. The summed E-state index contributed by atoms with van der Waals surface area (Å²) in [6, 6.07) is 2.35. The Morgan fingerprint density at radius 3 is 2.59 bits per heavy atom. The third-order valence-electron chi connectivity index (χ3n) is 2.92. The lowest BCUT2D eigenvalue weighted by atomic mass is 9.88. The number of aryl methyl sites for hydroxylation is 1. The molecule has 1 unspecified atom stereocenters. The van der Waals surface area contributed by atoms with Gasteiger partial charge < -0.3 is 5.32 Å². The summed E-state index contributed by atoms with van der Waals surface area (Å²) in [5.41, 5.74) is 1.52. The first-order valence-corrected chi connectivity index (χ1v) is 6.39. The minimum absolute atomic E-state index is 0.346. The molecule has 0 spiro atoms. The van der Waals surface area contributed by atoms with Crippen LogP contribution in [0.15, 0.2) is 12.3 Å². The fourth-order valence-corrected chi connectivity index (χ4v) is 1.95.